The predicted octanol–water partition coefficient (Wildman–Crippen LogP) is 3.99. The molecule has 2 N–H and O–H groups in total. The zero-order valence-electron chi connectivity index (χ0n) is 16.2. The Morgan fingerprint density at radius 3 is 2.85 bits per heavy atom. The number of methoxy groups -OCH3 is 1. The van der Waals surface area contributed by atoms with E-state index in [1.807, 2.05) is 10.9 Å². The summed E-state index contributed by atoms with van der Waals surface area (Å²) in [6.45, 7) is 7.02. The van der Waals surface area contributed by atoms with E-state index in [4.69, 9.17) is 17.0 Å². The highest BCUT2D eigenvalue weighted by Crippen LogP contribution is 2.38. The van der Waals surface area contributed by atoms with E-state index < -0.39 is 0 Å². The molecule has 0 saturated heterocycles. The lowest BCUT2D eigenvalue weighted by Gasteiger charge is -2.17. The lowest BCUT2D eigenvalue weighted by Crippen LogP contribution is -2.31. The molecular weight excluding hydrogens is 380 g/mol. The van der Waals surface area contributed by atoms with Crippen LogP contribution in [0.3, 0.4) is 0 Å². The van der Waals surface area contributed by atoms with Crippen molar-refractivity contribution in [1.82, 2.24) is 15.1 Å². The number of hydrogen-bond donors (Lipinski definition) is 2. The van der Waals surface area contributed by atoms with Crippen molar-refractivity contribution in [3.8, 4) is 0 Å². The Labute approximate surface area is 169 Å². The standard InChI is InChI=1S/C19H26N4O2S2/c1-5-23-12(3)14(10-20-23)11(2)21-19(26)22-17-16(18(24)25-4)13-8-6-7-9-15(13)27-17/h10-11H,5-9H2,1-4H3,(H2,21,22,26). The van der Waals surface area contributed by atoms with Gasteiger partial charge in [0.05, 0.1) is 24.9 Å². The first-order valence-corrected chi connectivity index (χ1v) is 10.5. The Balaban J connectivity index is 1.76. The molecule has 2 heterocycles. The summed E-state index contributed by atoms with van der Waals surface area (Å²) < 4.78 is 6.98. The molecule has 2 aromatic heterocycles. The molecule has 1 atom stereocenters. The monoisotopic (exact) mass is 406 g/mol. The molecule has 1 aliphatic carbocycles. The maximum absolute atomic E-state index is 12.3. The number of nitrogens with one attached hydrogen (secondary N) is 2. The van der Waals surface area contributed by atoms with Gasteiger partial charge in [0.1, 0.15) is 5.00 Å². The Morgan fingerprint density at radius 1 is 1.44 bits per heavy atom. The summed E-state index contributed by atoms with van der Waals surface area (Å²) in [5.41, 5.74) is 4.00. The zero-order chi connectivity index (χ0) is 19.6. The number of thiophene rings is 1. The fraction of sp³-hybridized carbons (Fsp3) is 0.526. The van der Waals surface area contributed by atoms with E-state index >= 15 is 0 Å². The number of nitrogens with zero attached hydrogens (tertiary/aromatic N) is 2. The van der Waals surface area contributed by atoms with Crippen LogP contribution in [0, 0.1) is 6.92 Å². The van der Waals surface area contributed by atoms with Crippen molar-refractivity contribution >= 4 is 39.6 Å². The number of fused-ring (bicyclic) bond motifs is 1. The molecule has 0 aromatic carbocycles. The fourth-order valence-electron chi connectivity index (χ4n) is 3.59. The van der Waals surface area contributed by atoms with Crippen LogP contribution in [0.15, 0.2) is 6.20 Å². The van der Waals surface area contributed by atoms with Gasteiger partial charge in [0.25, 0.3) is 0 Å². The molecule has 0 aliphatic heterocycles. The van der Waals surface area contributed by atoms with Gasteiger partial charge in [0, 0.05) is 22.7 Å². The van der Waals surface area contributed by atoms with Gasteiger partial charge in [-0.1, -0.05) is 0 Å². The minimum Gasteiger partial charge on any atom is -0.465 e. The minimum absolute atomic E-state index is 0.0152. The number of thiocarbonyl (C=S) groups is 1. The fourth-order valence-corrected chi connectivity index (χ4v) is 5.22. The van der Waals surface area contributed by atoms with Crippen LogP contribution < -0.4 is 10.6 Å². The molecule has 0 spiro atoms. The van der Waals surface area contributed by atoms with Gasteiger partial charge in [-0.05, 0) is 64.2 Å². The molecule has 0 fully saturated rings. The molecule has 0 radical (unpaired) electrons. The number of ether oxygens (including phenoxy) is 1. The molecule has 0 saturated carbocycles. The number of carbonyl (C=O) groups is 1. The molecule has 27 heavy (non-hydrogen) atoms. The maximum atomic E-state index is 12.3. The quantitative estimate of drug-likeness (QED) is 0.578. The van der Waals surface area contributed by atoms with E-state index in [2.05, 4.69) is 36.5 Å². The first-order valence-electron chi connectivity index (χ1n) is 9.28. The van der Waals surface area contributed by atoms with Crippen molar-refractivity contribution in [2.24, 2.45) is 0 Å². The Bertz CT molecular complexity index is 856. The van der Waals surface area contributed by atoms with Crippen LogP contribution >= 0.6 is 23.6 Å². The zero-order valence-corrected chi connectivity index (χ0v) is 17.9. The average Bonchev–Trinajstić information content (AvgIpc) is 3.20. The topological polar surface area (TPSA) is 68.2 Å². The van der Waals surface area contributed by atoms with E-state index in [0.717, 1.165) is 54.0 Å². The average molecular weight is 407 g/mol. The van der Waals surface area contributed by atoms with Gasteiger partial charge in [-0.15, -0.1) is 11.3 Å². The van der Waals surface area contributed by atoms with Gasteiger partial charge in [0.2, 0.25) is 0 Å². The minimum atomic E-state index is -0.298. The van der Waals surface area contributed by atoms with Crippen LogP contribution in [0.5, 0.6) is 0 Å². The molecule has 146 valence electrons. The third-order valence-corrected chi connectivity index (χ3v) is 6.47. The van der Waals surface area contributed by atoms with Gasteiger partial charge in [-0.2, -0.15) is 5.10 Å². The lowest BCUT2D eigenvalue weighted by atomic mass is 9.95. The van der Waals surface area contributed by atoms with Crippen LogP contribution in [-0.4, -0.2) is 28.0 Å². The van der Waals surface area contributed by atoms with Crippen LogP contribution in [-0.2, 0) is 24.1 Å². The normalized spacial score (nSPS) is 14.4. The highest BCUT2D eigenvalue weighted by molar-refractivity contribution is 7.80. The molecule has 2 aromatic rings. The Morgan fingerprint density at radius 2 is 2.19 bits per heavy atom. The second kappa shape index (κ2) is 8.39. The highest BCUT2D eigenvalue weighted by atomic mass is 32.1. The Hall–Kier alpha value is -1.93. The number of rotatable bonds is 5. The summed E-state index contributed by atoms with van der Waals surface area (Å²) in [5.74, 6) is -0.298. The van der Waals surface area contributed by atoms with Crippen molar-refractivity contribution in [3.63, 3.8) is 0 Å². The van der Waals surface area contributed by atoms with Gasteiger partial charge >= 0.3 is 5.97 Å². The first kappa shape index (κ1) is 19.8. The van der Waals surface area contributed by atoms with E-state index in [-0.39, 0.29) is 12.0 Å². The molecule has 1 unspecified atom stereocenters. The van der Waals surface area contributed by atoms with Crippen molar-refractivity contribution < 1.29 is 9.53 Å². The maximum Gasteiger partial charge on any atom is 0.341 e. The van der Waals surface area contributed by atoms with Gasteiger partial charge in [-0.3, -0.25) is 4.68 Å². The first-order chi connectivity index (χ1) is 13.0. The SMILES string of the molecule is CCn1ncc(C(C)NC(=S)Nc2sc3c(c2C(=O)OC)CCCC3)c1C. The van der Waals surface area contributed by atoms with E-state index in [1.165, 1.54) is 12.0 Å². The third-order valence-electron chi connectivity index (χ3n) is 5.04. The Kier molecular flexibility index (Phi) is 6.16. The summed E-state index contributed by atoms with van der Waals surface area (Å²) in [6, 6.07) is 0.0152. The molecule has 0 bridgehead atoms. The molecule has 1 aliphatic rings. The van der Waals surface area contributed by atoms with E-state index in [0.29, 0.717) is 10.7 Å². The summed E-state index contributed by atoms with van der Waals surface area (Å²) in [4.78, 5) is 13.6. The summed E-state index contributed by atoms with van der Waals surface area (Å²) in [7, 11) is 1.42. The lowest BCUT2D eigenvalue weighted by molar-refractivity contribution is 0.0601. The third kappa shape index (κ3) is 4.01. The number of carbonyl (C=O) groups excluding carboxylic acids is 1. The number of hydrogen-bond acceptors (Lipinski definition) is 5. The predicted molar refractivity (Wildman–Crippen MR) is 113 cm³/mol. The van der Waals surface area contributed by atoms with E-state index in [1.54, 1.807) is 11.3 Å². The van der Waals surface area contributed by atoms with Crippen molar-refractivity contribution in [1.29, 1.82) is 0 Å². The second-order valence-corrected chi connectivity index (χ2v) is 8.24. The second-order valence-electron chi connectivity index (χ2n) is 6.73. The molecule has 6 nitrogen and oxygen atoms in total. The number of anilines is 1. The molecular formula is C19H26N4O2S2. The molecule has 8 heteroatoms. The van der Waals surface area contributed by atoms with Gasteiger partial charge < -0.3 is 15.4 Å². The molecule has 3 rings (SSSR count). The molecule has 0 amide bonds. The van der Waals surface area contributed by atoms with Crippen LogP contribution in [0.4, 0.5) is 5.00 Å². The van der Waals surface area contributed by atoms with Gasteiger partial charge in [-0.25, -0.2) is 4.79 Å². The number of aryl methyl sites for hydroxylation is 2. The number of esters is 1. The number of aromatic nitrogens is 2. The van der Waals surface area contributed by atoms with Crippen LogP contribution in [0.25, 0.3) is 0 Å². The van der Waals surface area contributed by atoms with Gasteiger partial charge in [0.15, 0.2) is 5.11 Å². The van der Waals surface area contributed by atoms with Crippen LogP contribution in [0.1, 0.15) is 64.8 Å². The summed E-state index contributed by atoms with van der Waals surface area (Å²) in [5, 5.41) is 12.2. The van der Waals surface area contributed by atoms with Crippen molar-refractivity contribution in [2.45, 2.75) is 59.0 Å². The smallest absolute Gasteiger partial charge is 0.341 e. The highest BCUT2D eigenvalue weighted by Gasteiger charge is 2.26. The summed E-state index contributed by atoms with van der Waals surface area (Å²) >= 11 is 7.13. The van der Waals surface area contributed by atoms with Crippen molar-refractivity contribution in [2.75, 3.05) is 12.4 Å². The van der Waals surface area contributed by atoms with E-state index in [9.17, 15) is 4.79 Å². The van der Waals surface area contributed by atoms with Crippen molar-refractivity contribution in [3.05, 3.63) is 33.5 Å². The summed E-state index contributed by atoms with van der Waals surface area (Å²) in [6.07, 6.45) is 6.08. The largest absolute Gasteiger partial charge is 0.465 e. The van der Waals surface area contributed by atoms with Crippen LogP contribution in [0.2, 0.25) is 0 Å².